The second-order valence-electron chi connectivity index (χ2n) is 0. The van der Waals surface area contributed by atoms with Crippen LogP contribution < -0.4 is 0 Å². The van der Waals surface area contributed by atoms with Crippen LogP contribution >= 0.6 is 0 Å². The maximum Gasteiger partial charge on any atom is 0 e. The van der Waals surface area contributed by atoms with Crippen LogP contribution in [0.1, 0.15) is 0 Å². The first-order valence-corrected chi connectivity index (χ1v) is 0. The summed E-state index contributed by atoms with van der Waals surface area (Å²) < 4.78 is 0. The Morgan fingerprint density at radius 1 is 1.00 bits per heavy atom. The molecule has 0 aromatic heterocycles. The van der Waals surface area contributed by atoms with Gasteiger partial charge in [-0.25, -0.2) is 0 Å². The molecule has 2 radical (unpaired) electrons. The van der Waals surface area contributed by atoms with Gasteiger partial charge in [-0.1, -0.05) is 0 Å². The van der Waals surface area contributed by atoms with E-state index in [0.717, 1.165) is 0 Å². The van der Waals surface area contributed by atoms with Gasteiger partial charge in [0, 0.05) is 165 Å². The van der Waals surface area contributed by atoms with Crippen molar-refractivity contribution in [1.82, 2.24) is 0 Å². The fourth-order valence-corrected chi connectivity index (χ4v) is 0. The Kier molecular flexibility index (Phi) is 89.7. The molecule has 0 rings (SSSR count). The van der Waals surface area contributed by atoms with Crippen LogP contribution in [0.15, 0.2) is 0 Å². The van der Waals surface area contributed by atoms with E-state index in [9.17, 15) is 0 Å². The zero-order valence-corrected chi connectivity index (χ0v) is 12.7. The average Bonchev–Trinajstić information content (AvgIpc) is 0. The Hall–Kier alpha value is 5.44. The molecule has 0 aliphatic carbocycles. The summed E-state index contributed by atoms with van der Waals surface area (Å²) in [5, 5.41) is 0. The minimum absolute atomic E-state index is 0. The molecule has 0 aliphatic heterocycles. The molecule has 0 fully saturated rings. The zero-order chi connectivity index (χ0) is 0. The smallest absolute Gasteiger partial charge is 0 e. The van der Waals surface area contributed by atoms with E-state index >= 15 is 0 Å². The summed E-state index contributed by atoms with van der Waals surface area (Å²) in [5.74, 6) is 0. The Morgan fingerprint density at radius 3 is 1.00 bits per heavy atom. The Labute approximate surface area is 159 Å². The fraction of sp³-hybridized carbons (Fsp3) is 0. The summed E-state index contributed by atoms with van der Waals surface area (Å²) in [7, 11) is 0. The van der Waals surface area contributed by atoms with Crippen LogP contribution in [-0.2, 0) is 0 Å². The molecule has 0 saturated heterocycles. The number of rotatable bonds is 0. The van der Waals surface area contributed by atoms with E-state index in [1.807, 2.05) is 0 Å². The molecular weight excluding hydrogens is 598 g/mol. The van der Waals surface area contributed by atoms with Gasteiger partial charge in [0.1, 0.15) is 0 Å². The maximum absolute atomic E-state index is 0. The van der Waals surface area contributed by atoms with E-state index < -0.39 is 0 Å². The van der Waals surface area contributed by atoms with Crippen LogP contribution in [0.4, 0.5) is 0 Å². The second-order valence-corrected chi connectivity index (χ2v) is 0. The third kappa shape index (κ3) is 10.4. The Bertz CT molecular complexity index is 8.00. The molecule has 0 bridgehead atoms. The largest absolute Gasteiger partial charge is 0 e. The molecule has 24 valence electrons. The minimum atomic E-state index is 0. The SMILES string of the molecule is [Eu].[Gd].[La].[Sm]. The van der Waals surface area contributed by atoms with E-state index in [4.69, 9.17) is 0 Å². The van der Waals surface area contributed by atoms with E-state index in [0.29, 0.717) is 0 Å². The van der Waals surface area contributed by atoms with Crippen LogP contribution in [0.5, 0.6) is 0 Å². The van der Waals surface area contributed by atoms with E-state index in [1.54, 1.807) is 0 Å². The molecular formula is EuGdLaSm. The molecule has 0 aromatic carbocycles. The molecule has 0 N–H and O–H groups in total. The van der Waals surface area contributed by atoms with Crippen molar-refractivity contribution in [2.24, 2.45) is 0 Å². The second kappa shape index (κ2) is 15.8. The van der Waals surface area contributed by atoms with Crippen LogP contribution in [0.2, 0.25) is 0 Å². The van der Waals surface area contributed by atoms with Crippen molar-refractivity contribution in [2.75, 3.05) is 0 Å². The summed E-state index contributed by atoms with van der Waals surface area (Å²) in [5.41, 5.74) is 0. The number of hydrogen-bond acceptors (Lipinski definition) is 0. The molecule has 0 aromatic rings. The summed E-state index contributed by atoms with van der Waals surface area (Å²) in [6.45, 7) is 0. The van der Waals surface area contributed by atoms with Gasteiger partial charge in [-0.15, -0.1) is 0 Å². The summed E-state index contributed by atoms with van der Waals surface area (Å²) in [6, 6.07) is 0. The quantitative estimate of drug-likeness (QED) is 0.369. The van der Waals surface area contributed by atoms with Gasteiger partial charge >= 0.3 is 0 Å². The van der Waals surface area contributed by atoms with E-state index in [1.165, 1.54) is 0 Å². The third-order valence-electron chi connectivity index (χ3n) is 0. The predicted octanol–water partition coefficient (Wildman–Crippen LogP) is 0. The monoisotopic (exact) mass is 602 g/mol. The molecule has 0 nitrogen and oxygen atoms in total. The van der Waals surface area contributed by atoms with Gasteiger partial charge in [-0.2, -0.15) is 0 Å². The molecule has 0 atom stereocenters. The zero-order valence-electron chi connectivity index (χ0n) is 1.72. The summed E-state index contributed by atoms with van der Waals surface area (Å²) in [4.78, 5) is 0. The van der Waals surface area contributed by atoms with Gasteiger partial charge in [-0.05, 0) is 0 Å². The van der Waals surface area contributed by atoms with E-state index in [-0.39, 0.29) is 165 Å². The van der Waals surface area contributed by atoms with Crippen LogP contribution in [0.3, 0.4) is 0 Å². The van der Waals surface area contributed by atoms with Gasteiger partial charge in [-0.3, -0.25) is 0 Å². The third-order valence-corrected chi connectivity index (χ3v) is 0. The molecule has 0 heterocycles. The van der Waals surface area contributed by atoms with Gasteiger partial charge in [0.15, 0.2) is 0 Å². The molecule has 0 amide bonds. The predicted molar refractivity (Wildman–Crippen MR) is 0 cm³/mol. The van der Waals surface area contributed by atoms with Crippen molar-refractivity contribution >= 4 is 0 Å². The minimum Gasteiger partial charge on any atom is 0 e. The Balaban J connectivity index is 0. The van der Waals surface area contributed by atoms with Gasteiger partial charge < -0.3 is 0 Å². The van der Waals surface area contributed by atoms with Crippen molar-refractivity contribution in [3.05, 3.63) is 0 Å². The topological polar surface area (TPSA) is 0 Å². The molecule has 4 heteroatoms. The van der Waals surface area contributed by atoms with Crippen molar-refractivity contribution in [3.63, 3.8) is 0 Å². The Morgan fingerprint density at radius 2 is 1.00 bits per heavy atom. The standard InChI is InChI=1S/Eu.Gd.La.Sm. The number of hydrogen-bond donors (Lipinski definition) is 0. The van der Waals surface area contributed by atoms with Crippen molar-refractivity contribution in [3.8, 4) is 0 Å². The normalized spacial score (nSPS) is 0. The molecule has 4 heavy (non-hydrogen) atoms. The van der Waals surface area contributed by atoms with Crippen molar-refractivity contribution < 1.29 is 165 Å². The summed E-state index contributed by atoms with van der Waals surface area (Å²) >= 11 is 0. The van der Waals surface area contributed by atoms with Crippen LogP contribution in [-0.4, -0.2) is 0 Å². The van der Waals surface area contributed by atoms with Crippen LogP contribution in [0.25, 0.3) is 0 Å². The molecule has 0 saturated carbocycles. The van der Waals surface area contributed by atoms with Crippen molar-refractivity contribution in [2.45, 2.75) is 0 Å². The first kappa shape index (κ1) is 22.7. The first-order valence-electron chi connectivity index (χ1n) is 0. The molecule has 0 spiro atoms. The van der Waals surface area contributed by atoms with Gasteiger partial charge in [0.05, 0.1) is 0 Å². The van der Waals surface area contributed by atoms with Crippen molar-refractivity contribution in [1.29, 1.82) is 0 Å². The average molecular weight is 598 g/mol. The first-order chi connectivity index (χ1) is 0. The van der Waals surface area contributed by atoms with E-state index in [2.05, 4.69) is 0 Å². The summed E-state index contributed by atoms with van der Waals surface area (Å²) in [6.07, 6.45) is 0. The van der Waals surface area contributed by atoms with Crippen LogP contribution in [0, 0.1) is 165 Å². The molecule has 0 unspecified atom stereocenters. The van der Waals surface area contributed by atoms with Gasteiger partial charge in [0.25, 0.3) is 0 Å². The van der Waals surface area contributed by atoms with Gasteiger partial charge in [0.2, 0.25) is 0 Å². The molecule has 0 aliphatic rings. The fourth-order valence-electron chi connectivity index (χ4n) is 0. The maximum atomic E-state index is 0.